The molecule has 1 aromatic carbocycles. The van der Waals surface area contributed by atoms with Crippen LogP contribution in [0.5, 0.6) is 5.75 Å². The van der Waals surface area contributed by atoms with Crippen LogP contribution in [0.15, 0.2) is 18.2 Å². The summed E-state index contributed by atoms with van der Waals surface area (Å²) in [6, 6.07) is 6.13. The van der Waals surface area contributed by atoms with E-state index >= 15 is 0 Å². The maximum Gasteiger partial charge on any atom is 0.225 e. The molecule has 0 spiro atoms. The summed E-state index contributed by atoms with van der Waals surface area (Å²) < 4.78 is 11.2. The van der Waals surface area contributed by atoms with E-state index in [0.29, 0.717) is 39.0 Å². The van der Waals surface area contributed by atoms with E-state index in [1.807, 2.05) is 37.8 Å². The van der Waals surface area contributed by atoms with Crippen molar-refractivity contribution in [2.45, 2.75) is 52.2 Å². The van der Waals surface area contributed by atoms with E-state index in [-0.39, 0.29) is 17.9 Å². The fourth-order valence-corrected chi connectivity index (χ4v) is 3.56. The maximum absolute atomic E-state index is 12.8. The first kappa shape index (κ1) is 19.7. The predicted molar refractivity (Wildman–Crippen MR) is 97.8 cm³/mol. The molecule has 25 heavy (non-hydrogen) atoms. The Morgan fingerprint density at radius 2 is 1.92 bits per heavy atom. The van der Waals surface area contributed by atoms with E-state index in [1.165, 1.54) is 11.1 Å². The monoisotopic (exact) mass is 349 g/mol. The van der Waals surface area contributed by atoms with Crippen molar-refractivity contribution < 1.29 is 19.4 Å². The van der Waals surface area contributed by atoms with Gasteiger partial charge in [0.25, 0.3) is 0 Å². The molecule has 0 aromatic heterocycles. The van der Waals surface area contributed by atoms with Crippen molar-refractivity contribution in [1.29, 1.82) is 0 Å². The minimum Gasteiger partial charge on any atom is -0.492 e. The highest BCUT2D eigenvalue weighted by atomic mass is 16.5. The molecule has 1 fully saturated rings. The number of likely N-dealkylation sites (N-methyl/N-ethyl adjacent to an activating group) is 1. The van der Waals surface area contributed by atoms with E-state index in [9.17, 15) is 9.90 Å². The van der Waals surface area contributed by atoms with Crippen molar-refractivity contribution in [1.82, 2.24) is 4.90 Å². The number of benzene rings is 1. The number of rotatable bonds is 7. The molecule has 0 radical (unpaired) electrons. The number of aryl methyl sites for hydroxylation is 2. The van der Waals surface area contributed by atoms with Crippen LogP contribution in [0.1, 0.15) is 37.3 Å². The first-order valence-corrected chi connectivity index (χ1v) is 9.15. The first-order valence-electron chi connectivity index (χ1n) is 9.15. The molecule has 140 valence electrons. The zero-order valence-electron chi connectivity index (χ0n) is 15.8. The number of hydrogen-bond acceptors (Lipinski definition) is 4. The summed E-state index contributed by atoms with van der Waals surface area (Å²) in [6.07, 6.45) is 1.22. The number of aliphatic hydroxyl groups excluding tert-OH is 1. The Balaban J connectivity index is 1.87. The second kappa shape index (κ2) is 9.20. The fraction of sp³-hybridized carbons (Fsp3) is 0.650. The summed E-state index contributed by atoms with van der Waals surface area (Å²) in [7, 11) is 1.59. The third-order valence-electron chi connectivity index (χ3n) is 4.93. The highest BCUT2D eigenvalue weighted by Crippen LogP contribution is 2.28. The van der Waals surface area contributed by atoms with Crippen LogP contribution in [0.2, 0.25) is 0 Å². The van der Waals surface area contributed by atoms with Crippen molar-refractivity contribution in [3.05, 3.63) is 29.3 Å². The highest BCUT2D eigenvalue weighted by molar-refractivity contribution is 5.79. The fourth-order valence-electron chi connectivity index (χ4n) is 3.56. The van der Waals surface area contributed by atoms with Crippen LogP contribution >= 0.6 is 0 Å². The molecule has 2 rings (SSSR count). The molecule has 0 unspecified atom stereocenters. The van der Waals surface area contributed by atoms with Crippen molar-refractivity contribution in [3.63, 3.8) is 0 Å². The summed E-state index contributed by atoms with van der Waals surface area (Å²) in [4.78, 5) is 14.6. The number of aliphatic hydroxyl groups is 1. The van der Waals surface area contributed by atoms with Gasteiger partial charge in [-0.2, -0.15) is 0 Å². The van der Waals surface area contributed by atoms with Crippen molar-refractivity contribution >= 4 is 5.91 Å². The quantitative estimate of drug-likeness (QED) is 0.822. The zero-order valence-corrected chi connectivity index (χ0v) is 15.8. The summed E-state index contributed by atoms with van der Waals surface area (Å²) in [5, 5.41) is 9.91. The van der Waals surface area contributed by atoms with Gasteiger partial charge >= 0.3 is 0 Å². The largest absolute Gasteiger partial charge is 0.492 e. The Hall–Kier alpha value is -1.59. The SMILES string of the molecule is CCN(CCOc1cc(C)cc(C)c1)C(=O)[C@@H]1CC[C@H](O)[C@H](OC)C1. The number of carbonyl (C=O) groups is 1. The molecule has 3 atom stereocenters. The van der Waals surface area contributed by atoms with E-state index in [4.69, 9.17) is 9.47 Å². The number of nitrogens with zero attached hydrogens (tertiary/aromatic N) is 1. The van der Waals surface area contributed by atoms with Gasteiger partial charge in [0.2, 0.25) is 5.91 Å². The second-order valence-corrected chi connectivity index (χ2v) is 6.94. The van der Waals surface area contributed by atoms with E-state index in [2.05, 4.69) is 6.07 Å². The van der Waals surface area contributed by atoms with Crippen molar-refractivity contribution in [3.8, 4) is 5.75 Å². The standard InChI is InChI=1S/C20H31NO4/c1-5-21(8-9-25-17-11-14(2)10-15(3)12-17)20(23)16-6-7-18(22)19(13-16)24-4/h10-12,16,18-19,22H,5-9,13H2,1-4H3/t16-,18+,19-/m1/s1. The topological polar surface area (TPSA) is 59.0 Å². The molecule has 1 saturated carbocycles. The molecule has 0 aliphatic heterocycles. The molecular weight excluding hydrogens is 318 g/mol. The number of hydrogen-bond donors (Lipinski definition) is 1. The Morgan fingerprint density at radius 3 is 2.52 bits per heavy atom. The number of ether oxygens (including phenoxy) is 2. The Morgan fingerprint density at radius 1 is 1.24 bits per heavy atom. The number of methoxy groups -OCH3 is 1. The minimum atomic E-state index is -0.461. The predicted octanol–water partition coefficient (Wildman–Crippen LogP) is 2.71. The first-order chi connectivity index (χ1) is 11.9. The van der Waals surface area contributed by atoms with Crippen molar-refractivity contribution in [2.24, 2.45) is 5.92 Å². The Bertz CT molecular complexity index is 555. The molecule has 0 bridgehead atoms. The van der Waals surface area contributed by atoms with E-state index < -0.39 is 6.10 Å². The molecular formula is C20H31NO4. The van der Waals surface area contributed by atoms with Gasteiger partial charge in [-0.1, -0.05) is 6.07 Å². The molecule has 1 N–H and O–H groups in total. The molecule has 0 saturated heterocycles. The van der Waals surface area contributed by atoms with Gasteiger partial charge in [-0.3, -0.25) is 4.79 Å². The summed E-state index contributed by atoms with van der Waals surface area (Å²) in [5.74, 6) is 0.913. The van der Waals surface area contributed by atoms with Gasteiger partial charge in [0, 0.05) is 19.6 Å². The summed E-state index contributed by atoms with van der Waals surface area (Å²) >= 11 is 0. The van der Waals surface area contributed by atoms with Gasteiger partial charge in [-0.25, -0.2) is 0 Å². The Labute approximate surface area is 150 Å². The third-order valence-corrected chi connectivity index (χ3v) is 4.93. The average Bonchev–Trinajstić information content (AvgIpc) is 2.58. The third kappa shape index (κ3) is 5.44. The van der Waals surface area contributed by atoms with Crippen LogP contribution in [0.4, 0.5) is 0 Å². The lowest BCUT2D eigenvalue weighted by Gasteiger charge is -2.34. The molecule has 5 heteroatoms. The summed E-state index contributed by atoms with van der Waals surface area (Å²) in [5.41, 5.74) is 2.34. The summed E-state index contributed by atoms with van der Waals surface area (Å²) in [6.45, 7) is 7.79. The number of amides is 1. The van der Waals surface area contributed by atoms with Gasteiger partial charge in [0.15, 0.2) is 0 Å². The lowest BCUT2D eigenvalue weighted by atomic mass is 9.84. The molecule has 0 heterocycles. The van der Waals surface area contributed by atoms with Crippen LogP contribution in [0.25, 0.3) is 0 Å². The van der Waals surface area contributed by atoms with Crippen LogP contribution in [-0.4, -0.2) is 54.9 Å². The van der Waals surface area contributed by atoms with Crippen molar-refractivity contribution in [2.75, 3.05) is 26.8 Å². The zero-order chi connectivity index (χ0) is 18.4. The van der Waals surface area contributed by atoms with Gasteiger partial charge in [-0.15, -0.1) is 0 Å². The van der Waals surface area contributed by atoms with Crippen LogP contribution in [-0.2, 0) is 9.53 Å². The van der Waals surface area contributed by atoms with Gasteiger partial charge < -0.3 is 19.5 Å². The van der Waals surface area contributed by atoms with Crippen LogP contribution in [0, 0.1) is 19.8 Å². The van der Waals surface area contributed by atoms with Gasteiger partial charge in [-0.05, 0) is 63.3 Å². The van der Waals surface area contributed by atoms with Gasteiger partial charge in [0.1, 0.15) is 12.4 Å². The lowest BCUT2D eigenvalue weighted by molar-refractivity contribution is -0.141. The molecule has 1 aliphatic carbocycles. The van der Waals surface area contributed by atoms with Crippen LogP contribution < -0.4 is 4.74 Å². The normalized spacial score (nSPS) is 23.3. The molecule has 1 aliphatic rings. The molecule has 5 nitrogen and oxygen atoms in total. The number of carbonyl (C=O) groups excluding carboxylic acids is 1. The second-order valence-electron chi connectivity index (χ2n) is 6.94. The minimum absolute atomic E-state index is 0.0745. The highest BCUT2D eigenvalue weighted by Gasteiger charge is 2.34. The van der Waals surface area contributed by atoms with Crippen LogP contribution in [0.3, 0.4) is 0 Å². The smallest absolute Gasteiger partial charge is 0.225 e. The molecule has 1 amide bonds. The average molecular weight is 349 g/mol. The van der Waals surface area contributed by atoms with Gasteiger partial charge in [0.05, 0.1) is 18.8 Å². The maximum atomic E-state index is 12.8. The van der Waals surface area contributed by atoms with E-state index in [0.717, 1.165) is 5.75 Å². The lowest BCUT2D eigenvalue weighted by Crippen LogP contribution is -2.44. The Kier molecular flexibility index (Phi) is 7.26. The molecule has 1 aromatic rings. The van der Waals surface area contributed by atoms with E-state index in [1.54, 1.807) is 7.11 Å².